The van der Waals surface area contributed by atoms with E-state index in [1.54, 1.807) is 5.57 Å². The van der Waals surface area contributed by atoms with Gasteiger partial charge in [-0.1, -0.05) is 13.3 Å². The molecule has 4 atom stereocenters. The van der Waals surface area contributed by atoms with E-state index in [-0.39, 0.29) is 0 Å². The van der Waals surface area contributed by atoms with E-state index in [0.717, 1.165) is 23.7 Å². The minimum Gasteiger partial charge on any atom is -0.265 e. The minimum atomic E-state index is 0.861. The largest absolute Gasteiger partial charge is 0.265 e. The smallest absolute Gasteiger partial charge is 0.0425 e. The van der Waals surface area contributed by atoms with Crippen LogP contribution in [0, 0.1) is 23.7 Å². The molecule has 1 heteroatoms. The molecule has 3 aliphatic rings. The molecule has 3 aliphatic carbocycles. The van der Waals surface area contributed by atoms with Crippen LogP contribution in [-0.2, 0) is 0 Å². The Bertz CT molecular complexity index is 339. The summed E-state index contributed by atoms with van der Waals surface area (Å²) in [5.74, 6) is 3.86. The molecule has 0 radical (unpaired) electrons. The number of nitrogens with zero attached hydrogens (tertiary/aromatic N) is 1. The molecule has 0 aromatic heterocycles. The molecule has 0 amide bonds. The molecular weight excluding hydrogens is 194 g/mol. The lowest BCUT2D eigenvalue weighted by Crippen LogP contribution is -2.32. The van der Waals surface area contributed by atoms with Crippen molar-refractivity contribution >= 4 is 6.21 Å². The number of aliphatic imine (C=N–C) groups is 1. The molecule has 2 saturated carbocycles. The van der Waals surface area contributed by atoms with Crippen molar-refractivity contribution in [3.8, 4) is 0 Å². The molecule has 1 nitrogen and oxygen atoms in total. The van der Waals surface area contributed by atoms with Crippen molar-refractivity contribution in [3.63, 3.8) is 0 Å². The first-order chi connectivity index (χ1) is 7.83. The molecule has 0 aliphatic heterocycles. The van der Waals surface area contributed by atoms with Crippen LogP contribution in [0.25, 0.3) is 0 Å². The molecule has 0 saturated heterocycles. The quantitative estimate of drug-likeness (QED) is 0.494. The fourth-order valence-electron chi connectivity index (χ4n) is 3.72. The summed E-state index contributed by atoms with van der Waals surface area (Å²) in [6, 6.07) is 0. The summed E-state index contributed by atoms with van der Waals surface area (Å²) in [4.78, 5) is 4.80. The van der Waals surface area contributed by atoms with E-state index < -0.39 is 0 Å². The lowest BCUT2D eigenvalue weighted by molar-refractivity contribution is 0.166. The second-order valence-electron chi connectivity index (χ2n) is 5.88. The first kappa shape index (κ1) is 10.6. The van der Waals surface area contributed by atoms with E-state index in [1.165, 1.54) is 44.2 Å². The monoisotopic (exact) mass is 217 g/mol. The Balaban J connectivity index is 1.71. The van der Waals surface area contributed by atoms with Crippen molar-refractivity contribution in [1.82, 2.24) is 0 Å². The van der Waals surface area contributed by atoms with Crippen molar-refractivity contribution in [2.24, 2.45) is 28.7 Å². The van der Waals surface area contributed by atoms with Gasteiger partial charge in [-0.3, -0.25) is 4.99 Å². The van der Waals surface area contributed by atoms with E-state index >= 15 is 0 Å². The molecule has 0 aromatic carbocycles. The number of hydrogen-bond donors (Lipinski definition) is 0. The van der Waals surface area contributed by atoms with E-state index in [4.69, 9.17) is 4.99 Å². The predicted molar refractivity (Wildman–Crippen MR) is 68.5 cm³/mol. The zero-order valence-corrected chi connectivity index (χ0v) is 10.6. The average Bonchev–Trinajstić information content (AvgIpc) is 2.95. The molecule has 16 heavy (non-hydrogen) atoms. The SMILES string of the molecule is CCCCC=NC1=C(C)[C@H]2CCC2[C@H]2CC12. The third-order valence-electron chi connectivity index (χ3n) is 4.95. The summed E-state index contributed by atoms with van der Waals surface area (Å²) < 4.78 is 0. The Morgan fingerprint density at radius 2 is 2.12 bits per heavy atom. The lowest BCUT2D eigenvalue weighted by Gasteiger charge is -2.41. The number of hydrogen-bond acceptors (Lipinski definition) is 1. The Kier molecular flexibility index (Phi) is 2.65. The summed E-state index contributed by atoms with van der Waals surface area (Å²) >= 11 is 0. The highest BCUT2D eigenvalue weighted by Gasteiger charge is 2.55. The minimum absolute atomic E-state index is 0.861. The fraction of sp³-hybridized carbons (Fsp3) is 0.800. The van der Waals surface area contributed by atoms with Crippen molar-refractivity contribution in [3.05, 3.63) is 11.3 Å². The van der Waals surface area contributed by atoms with E-state index in [2.05, 4.69) is 20.1 Å². The average molecular weight is 217 g/mol. The zero-order chi connectivity index (χ0) is 11.1. The van der Waals surface area contributed by atoms with Gasteiger partial charge in [0, 0.05) is 17.8 Å². The molecule has 2 fully saturated rings. The van der Waals surface area contributed by atoms with Crippen molar-refractivity contribution in [2.75, 3.05) is 0 Å². The molecule has 3 rings (SSSR count). The van der Waals surface area contributed by atoms with E-state index in [9.17, 15) is 0 Å². The molecule has 0 bridgehead atoms. The van der Waals surface area contributed by atoms with Gasteiger partial charge in [0.2, 0.25) is 0 Å². The van der Waals surface area contributed by atoms with Crippen LogP contribution in [0.1, 0.15) is 52.4 Å². The fourth-order valence-corrected chi connectivity index (χ4v) is 3.72. The van der Waals surface area contributed by atoms with Gasteiger partial charge in [-0.2, -0.15) is 0 Å². The van der Waals surface area contributed by atoms with Gasteiger partial charge in [-0.05, 0) is 62.4 Å². The number of fused-ring (bicyclic) bond motifs is 3. The molecule has 88 valence electrons. The van der Waals surface area contributed by atoms with Crippen molar-refractivity contribution in [2.45, 2.75) is 52.4 Å². The van der Waals surface area contributed by atoms with Crippen molar-refractivity contribution in [1.29, 1.82) is 0 Å². The first-order valence-electron chi connectivity index (χ1n) is 7.06. The topological polar surface area (TPSA) is 12.4 Å². The molecule has 2 unspecified atom stereocenters. The van der Waals surface area contributed by atoms with Gasteiger partial charge in [0.15, 0.2) is 0 Å². The van der Waals surface area contributed by atoms with Gasteiger partial charge < -0.3 is 0 Å². The Morgan fingerprint density at radius 1 is 1.25 bits per heavy atom. The normalized spacial score (nSPS) is 40.6. The lowest BCUT2D eigenvalue weighted by atomic mass is 9.64. The second-order valence-corrected chi connectivity index (χ2v) is 5.88. The third-order valence-corrected chi connectivity index (χ3v) is 4.95. The number of rotatable bonds is 4. The maximum atomic E-state index is 4.80. The van der Waals surface area contributed by atoms with Crippen LogP contribution in [0.2, 0.25) is 0 Å². The Morgan fingerprint density at radius 3 is 2.81 bits per heavy atom. The van der Waals surface area contributed by atoms with Crippen LogP contribution >= 0.6 is 0 Å². The van der Waals surface area contributed by atoms with Crippen LogP contribution in [0.3, 0.4) is 0 Å². The zero-order valence-electron chi connectivity index (χ0n) is 10.6. The van der Waals surface area contributed by atoms with Gasteiger partial charge in [0.05, 0.1) is 0 Å². The maximum absolute atomic E-state index is 4.80. The molecule has 0 N–H and O–H groups in total. The van der Waals surface area contributed by atoms with E-state index in [1.807, 2.05) is 0 Å². The summed E-state index contributed by atoms with van der Waals surface area (Å²) in [5.41, 5.74) is 3.13. The highest BCUT2D eigenvalue weighted by molar-refractivity contribution is 5.59. The summed E-state index contributed by atoms with van der Waals surface area (Å²) in [7, 11) is 0. The van der Waals surface area contributed by atoms with Crippen LogP contribution in [0.15, 0.2) is 16.3 Å². The predicted octanol–water partition coefficient (Wildman–Crippen LogP) is 4.20. The third kappa shape index (κ3) is 1.56. The van der Waals surface area contributed by atoms with Gasteiger partial charge in [-0.15, -0.1) is 0 Å². The van der Waals surface area contributed by atoms with Crippen LogP contribution in [0.4, 0.5) is 0 Å². The van der Waals surface area contributed by atoms with Gasteiger partial charge in [-0.25, -0.2) is 0 Å². The molecule has 0 spiro atoms. The maximum Gasteiger partial charge on any atom is 0.0425 e. The standard InChI is InChI=1S/C15H23N/c1-3-4-5-8-16-15-10(2)11-6-7-12(11)13-9-14(13)15/h8,11-14H,3-7,9H2,1-2H3/t11-,12?,13-,14?/m1/s1. The Labute approximate surface area is 99.0 Å². The molecule has 0 heterocycles. The number of unbranched alkanes of at least 4 members (excludes halogenated alkanes) is 2. The van der Waals surface area contributed by atoms with E-state index in [0.29, 0.717) is 0 Å². The molecule has 0 aromatic rings. The summed E-state index contributed by atoms with van der Waals surface area (Å²) in [5, 5.41) is 0. The van der Waals surface area contributed by atoms with Gasteiger partial charge in [0.25, 0.3) is 0 Å². The summed E-state index contributed by atoms with van der Waals surface area (Å²) in [6.07, 6.45) is 10.3. The number of allylic oxidation sites excluding steroid dienone is 2. The van der Waals surface area contributed by atoms with Crippen LogP contribution < -0.4 is 0 Å². The van der Waals surface area contributed by atoms with Gasteiger partial charge >= 0.3 is 0 Å². The molecular formula is C15H23N. The Hall–Kier alpha value is -0.590. The summed E-state index contributed by atoms with van der Waals surface area (Å²) in [6.45, 7) is 4.59. The highest BCUT2D eigenvalue weighted by Crippen LogP contribution is 2.63. The second kappa shape index (κ2) is 4.01. The van der Waals surface area contributed by atoms with Gasteiger partial charge in [0.1, 0.15) is 0 Å². The van der Waals surface area contributed by atoms with Crippen LogP contribution in [-0.4, -0.2) is 6.21 Å². The first-order valence-corrected chi connectivity index (χ1v) is 7.06. The highest BCUT2D eigenvalue weighted by atomic mass is 14.8. The van der Waals surface area contributed by atoms with Crippen LogP contribution in [0.5, 0.6) is 0 Å². The van der Waals surface area contributed by atoms with Crippen molar-refractivity contribution < 1.29 is 0 Å².